The molecule has 0 aliphatic carbocycles. The maximum absolute atomic E-state index is 12.4. The number of sulfonamides is 1. The van der Waals surface area contributed by atoms with E-state index in [2.05, 4.69) is 15.0 Å². The van der Waals surface area contributed by atoms with Gasteiger partial charge in [0.1, 0.15) is 5.75 Å². The van der Waals surface area contributed by atoms with Gasteiger partial charge in [-0.15, -0.1) is 22.7 Å². The predicted molar refractivity (Wildman–Crippen MR) is 106 cm³/mol. The first-order valence-corrected chi connectivity index (χ1v) is 11.1. The third-order valence-corrected chi connectivity index (χ3v) is 6.69. The molecule has 0 saturated heterocycles. The Morgan fingerprint density at radius 3 is 2.63 bits per heavy atom. The largest absolute Gasteiger partial charge is 0.497 e. The summed E-state index contributed by atoms with van der Waals surface area (Å²) in [6.45, 7) is 0.470. The normalized spacial score (nSPS) is 11.1. The summed E-state index contributed by atoms with van der Waals surface area (Å²) in [5.41, 5.74) is 0.510. The number of hydrogen-bond donors (Lipinski definition) is 2. The molecule has 3 rings (SSSR count). The van der Waals surface area contributed by atoms with Gasteiger partial charge in [0.25, 0.3) is 10.0 Å². The van der Waals surface area contributed by atoms with Crippen molar-refractivity contribution in [3.63, 3.8) is 0 Å². The van der Waals surface area contributed by atoms with Gasteiger partial charge < -0.3 is 10.1 Å². The second-order valence-corrected chi connectivity index (χ2v) is 9.03. The van der Waals surface area contributed by atoms with Gasteiger partial charge in [-0.2, -0.15) is 0 Å². The second kappa shape index (κ2) is 8.51. The van der Waals surface area contributed by atoms with Crippen LogP contribution in [0.4, 0.5) is 5.13 Å². The van der Waals surface area contributed by atoms with Gasteiger partial charge >= 0.3 is 0 Å². The summed E-state index contributed by atoms with van der Waals surface area (Å²) in [7, 11) is -2.24. The Morgan fingerprint density at radius 2 is 1.96 bits per heavy atom. The van der Waals surface area contributed by atoms with E-state index in [9.17, 15) is 13.2 Å². The van der Waals surface area contributed by atoms with Gasteiger partial charge in [0.2, 0.25) is 5.91 Å². The van der Waals surface area contributed by atoms with Crippen molar-refractivity contribution in [2.24, 2.45) is 0 Å². The Hall–Kier alpha value is -2.43. The molecule has 0 atom stereocenters. The van der Waals surface area contributed by atoms with Crippen LogP contribution in [-0.2, 0) is 27.8 Å². The van der Waals surface area contributed by atoms with Gasteiger partial charge in [0.05, 0.1) is 30.7 Å². The molecule has 3 aromatic rings. The number of anilines is 1. The molecular formula is C17H17N3O4S3. The van der Waals surface area contributed by atoms with Gasteiger partial charge in [-0.25, -0.2) is 13.4 Å². The number of aromatic nitrogens is 1. The second-order valence-electron chi connectivity index (χ2n) is 5.46. The summed E-state index contributed by atoms with van der Waals surface area (Å²) >= 11 is 2.70. The highest BCUT2D eigenvalue weighted by Crippen LogP contribution is 2.22. The molecule has 1 amide bonds. The van der Waals surface area contributed by atoms with Crippen molar-refractivity contribution in [1.29, 1.82) is 0 Å². The molecule has 0 saturated carbocycles. The summed E-state index contributed by atoms with van der Waals surface area (Å²) < 4.78 is 32.3. The van der Waals surface area contributed by atoms with Gasteiger partial charge in [0, 0.05) is 10.3 Å². The molecule has 27 heavy (non-hydrogen) atoms. The van der Waals surface area contributed by atoms with Gasteiger partial charge in [-0.1, -0.05) is 6.07 Å². The number of ether oxygens (including phenoxy) is 1. The number of hydrogen-bond acceptors (Lipinski definition) is 7. The topological polar surface area (TPSA) is 97.4 Å². The number of nitrogens with zero attached hydrogens (tertiary/aromatic N) is 1. The number of methoxy groups -OCH3 is 1. The number of rotatable bonds is 8. The van der Waals surface area contributed by atoms with E-state index in [0.717, 1.165) is 16.2 Å². The van der Waals surface area contributed by atoms with E-state index in [1.54, 1.807) is 28.8 Å². The molecule has 0 aliphatic rings. The monoisotopic (exact) mass is 423 g/mol. The highest BCUT2D eigenvalue weighted by molar-refractivity contribution is 7.93. The van der Waals surface area contributed by atoms with E-state index in [4.69, 9.17) is 4.74 Å². The summed E-state index contributed by atoms with van der Waals surface area (Å²) in [5, 5.41) is 6.64. The number of benzene rings is 1. The molecule has 142 valence electrons. The number of carbonyl (C=O) groups excluding carboxylic acids is 1. The third-order valence-electron chi connectivity index (χ3n) is 3.52. The van der Waals surface area contributed by atoms with Crippen molar-refractivity contribution in [1.82, 2.24) is 10.3 Å². The van der Waals surface area contributed by atoms with Crippen LogP contribution in [0, 0.1) is 0 Å². The van der Waals surface area contributed by atoms with E-state index in [0.29, 0.717) is 18.0 Å². The molecule has 0 spiro atoms. The minimum Gasteiger partial charge on any atom is -0.497 e. The smallest absolute Gasteiger partial charge is 0.263 e. The molecule has 1 aromatic carbocycles. The van der Waals surface area contributed by atoms with Crippen LogP contribution in [-0.4, -0.2) is 26.4 Å². The molecule has 2 heterocycles. The average molecular weight is 424 g/mol. The Labute approximate surface area is 165 Å². The SMILES string of the molecule is COc1ccc(S(=O)(=O)Nc2nc(CC(=O)NCc3cccs3)cs2)cc1. The maximum atomic E-state index is 12.4. The lowest BCUT2D eigenvalue weighted by Gasteiger charge is -2.06. The molecule has 0 fully saturated rings. The Bertz CT molecular complexity index is 996. The lowest BCUT2D eigenvalue weighted by Crippen LogP contribution is -2.24. The van der Waals surface area contributed by atoms with Crippen molar-refractivity contribution in [3.8, 4) is 5.75 Å². The van der Waals surface area contributed by atoms with Crippen LogP contribution in [0.5, 0.6) is 5.75 Å². The number of thiophene rings is 1. The highest BCUT2D eigenvalue weighted by atomic mass is 32.2. The van der Waals surface area contributed by atoms with E-state index in [1.807, 2.05) is 17.5 Å². The first kappa shape index (κ1) is 19.3. The van der Waals surface area contributed by atoms with Crippen LogP contribution in [0.25, 0.3) is 0 Å². The van der Waals surface area contributed by atoms with Crippen LogP contribution in [0.3, 0.4) is 0 Å². The summed E-state index contributed by atoms with van der Waals surface area (Å²) in [4.78, 5) is 17.3. The van der Waals surface area contributed by atoms with E-state index in [1.165, 1.54) is 19.2 Å². The van der Waals surface area contributed by atoms with E-state index in [-0.39, 0.29) is 22.4 Å². The van der Waals surface area contributed by atoms with E-state index < -0.39 is 10.0 Å². The van der Waals surface area contributed by atoms with Gasteiger partial charge in [-0.3, -0.25) is 9.52 Å². The van der Waals surface area contributed by atoms with Gasteiger partial charge in [0.15, 0.2) is 5.13 Å². The molecule has 2 aromatic heterocycles. The lowest BCUT2D eigenvalue weighted by atomic mass is 10.3. The molecule has 0 aliphatic heterocycles. The first-order chi connectivity index (χ1) is 13.0. The molecular weight excluding hydrogens is 406 g/mol. The number of carbonyl (C=O) groups is 1. The summed E-state index contributed by atoms with van der Waals surface area (Å²) in [6.07, 6.45) is 0.0894. The van der Waals surface area contributed by atoms with Crippen molar-refractivity contribution in [3.05, 3.63) is 57.7 Å². The number of amides is 1. The first-order valence-electron chi connectivity index (χ1n) is 7.86. The molecule has 0 radical (unpaired) electrons. The fourth-order valence-corrected chi connectivity index (χ4v) is 4.80. The minimum atomic E-state index is -3.75. The van der Waals surface area contributed by atoms with Crippen LogP contribution in [0.2, 0.25) is 0 Å². The summed E-state index contributed by atoms with van der Waals surface area (Å²) in [6, 6.07) is 9.91. The zero-order valence-corrected chi connectivity index (χ0v) is 16.8. The van der Waals surface area contributed by atoms with Gasteiger partial charge in [-0.05, 0) is 35.7 Å². The fraction of sp³-hybridized carbons (Fsp3) is 0.176. The third kappa shape index (κ3) is 5.28. The van der Waals surface area contributed by atoms with Crippen LogP contribution < -0.4 is 14.8 Å². The van der Waals surface area contributed by atoms with Crippen LogP contribution in [0.1, 0.15) is 10.6 Å². The number of nitrogens with one attached hydrogen (secondary N) is 2. The highest BCUT2D eigenvalue weighted by Gasteiger charge is 2.17. The number of thiazole rings is 1. The van der Waals surface area contributed by atoms with Crippen molar-refractivity contribution in [2.45, 2.75) is 17.9 Å². The lowest BCUT2D eigenvalue weighted by molar-refractivity contribution is -0.120. The Balaban J connectivity index is 1.58. The Kier molecular flexibility index (Phi) is 6.09. The molecule has 0 bridgehead atoms. The van der Waals surface area contributed by atoms with Crippen LogP contribution >= 0.6 is 22.7 Å². The van der Waals surface area contributed by atoms with Crippen molar-refractivity contribution < 1.29 is 17.9 Å². The van der Waals surface area contributed by atoms with Crippen molar-refractivity contribution >= 4 is 43.7 Å². The molecule has 2 N–H and O–H groups in total. The van der Waals surface area contributed by atoms with Crippen LogP contribution in [0.15, 0.2) is 52.1 Å². The summed E-state index contributed by atoms with van der Waals surface area (Å²) in [5.74, 6) is 0.400. The standard InChI is InChI=1S/C17H17N3O4S3/c1-24-13-4-6-15(7-5-13)27(22,23)20-17-19-12(11-26-17)9-16(21)18-10-14-3-2-8-25-14/h2-8,11H,9-10H2,1H3,(H,18,21)(H,19,20). The van der Waals surface area contributed by atoms with E-state index >= 15 is 0 Å². The zero-order valence-electron chi connectivity index (χ0n) is 14.3. The average Bonchev–Trinajstić information content (AvgIpc) is 3.32. The van der Waals surface area contributed by atoms with Crippen molar-refractivity contribution in [2.75, 3.05) is 11.8 Å². The fourth-order valence-electron chi connectivity index (χ4n) is 2.19. The quantitative estimate of drug-likeness (QED) is 0.581. The molecule has 7 nitrogen and oxygen atoms in total. The predicted octanol–water partition coefficient (Wildman–Crippen LogP) is 2.87. The molecule has 0 unspecified atom stereocenters. The minimum absolute atomic E-state index is 0.0894. The Morgan fingerprint density at radius 1 is 1.19 bits per heavy atom. The molecule has 10 heteroatoms. The zero-order chi connectivity index (χ0) is 19.3. The maximum Gasteiger partial charge on any atom is 0.263 e.